The van der Waals surface area contributed by atoms with Gasteiger partial charge >= 0.3 is 0 Å². The maximum absolute atomic E-state index is 13.5. The molecule has 1 aromatic carbocycles. The highest BCUT2D eigenvalue weighted by Crippen LogP contribution is 2.25. The molecular formula is C17H16F2N2O3. The summed E-state index contributed by atoms with van der Waals surface area (Å²) in [5.74, 6) is -1.57. The molecule has 2 aromatic rings. The van der Waals surface area contributed by atoms with E-state index in [1.54, 1.807) is 24.0 Å². The van der Waals surface area contributed by atoms with Crippen LogP contribution in [0.4, 0.5) is 8.78 Å². The third-order valence-corrected chi connectivity index (χ3v) is 4.01. The summed E-state index contributed by atoms with van der Waals surface area (Å²) in [6.07, 6.45) is 0.982. The topological polar surface area (TPSA) is 62.7 Å². The Morgan fingerprint density at radius 1 is 1.33 bits per heavy atom. The predicted octanol–water partition coefficient (Wildman–Crippen LogP) is 2.63. The largest absolute Gasteiger partial charge is 0.436 e. The fourth-order valence-corrected chi connectivity index (χ4v) is 2.57. The Hall–Kier alpha value is -2.54. The van der Waals surface area contributed by atoms with Gasteiger partial charge in [-0.25, -0.2) is 13.8 Å². The molecule has 0 spiro atoms. The van der Waals surface area contributed by atoms with Crippen molar-refractivity contribution in [1.29, 1.82) is 0 Å². The van der Waals surface area contributed by atoms with Crippen molar-refractivity contribution in [2.45, 2.75) is 32.0 Å². The number of hydrogen-bond donors (Lipinski definition) is 1. The molecule has 1 N–H and O–H groups in total. The van der Waals surface area contributed by atoms with Gasteiger partial charge in [0.1, 0.15) is 5.82 Å². The van der Waals surface area contributed by atoms with E-state index in [-0.39, 0.29) is 30.0 Å². The molecule has 0 bridgehead atoms. The lowest BCUT2D eigenvalue weighted by molar-refractivity contribution is -0.129. The van der Waals surface area contributed by atoms with Crippen LogP contribution in [0, 0.1) is 11.6 Å². The summed E-state index contributed by atoms with van der Waals surface area (Å²) in [6, 6.07) is 6.01. The zero-order valence-electron chi connectivity index (χ0n) is 12.9. The van der Waals surface area contributed by atoms with E-state index in [4.69, 9.17) is 4.74 Å². The molecule has 0 radical (unpaired) electrons. The molecule has 2 heterocycles. The smallest absolute Gasteiger partial charge is 0.225 e. The maximum Gasteiger partial charge on any atom is 0.225 e. The Labute approximate surface area is 137 Å². The molecule has 1 amide bonds. The molecule has 0 saturated carbocycles. The van der Waals surface area contributed by atoms with Gasteiger partial charge < -0.3 is 14.7 Å². The molecule has 0 aliphatic carbocycles. The summed E-state index contributed by atoms with van der Waals surface area (Å²) in [6.45, 7) is 2.12. The number of aliphatic hydroxyl groups excluding tert-OH is 1. The Bertz CT molecular complexity index is 752. The zero-order chi connectivity index (χ0) is 17.3. The minimum atomic E-state index is -0.814. The average Bonchev–Trinajstić information content (AvgIpc) is 2.78. The minimum Gasteiger partial charge on any atom is -0.436 e. The standard InChI is InChI=1S/C17H16F2N2O3/c1-10-14(22)7-17(23)21(10)9-11-2-5-16(20-8-11)24-15-4-3-12(18)6-13(15)19/h2-6,8,10,14,22H,7,9H2,1H3/t10-,14-/m0/s1. The molecule has 7 heteroatoms. The van der Waals surface area contributed by atoms with Crippen molar-refractivity contribution in [3.05, 3.63) is 53.7 Å². The van der Waals surface area contributed by atoms with Crippen molar-refractivity contribution in [3.63, 3.8) is 0 Å². The molecule has 3 rings (SSSR count). The lowest BCUT2D eigenvalue weighted by atomic mass is 10.2. The highest BCUT2D eigenvalue weighted by Gasteiger charge is 2.35. The second-order valence-electron chi connectivity index (χ2n) is 5.72. The molecule has 0 unspecified atom stereocenters. The van der Waals surface area contributed by atoms with Crippen molar-refractivity contribution in [2.24, 2.45) is 0 Å². The maximum atomic E-state index is 13.5. The molecule has 2 atom stereocenters. The van der Waals surface area contributed by atoms with Crippen LogP contribution in [0.3, 0.4) is 0 Å². The summed E-state index contributed by atoms with van der Waals surface area (Å²) in [4.78, 5) is 17.5. The number of amides is 1. The van der Waals surface area contributed by atoms with Gasteiger partial charge in [-0.15, -0.1) is 0 Å². The number of carbonyl (C=O) groups is 1. The summed E-state index contributed by atoms with van der Waals surface area (Å²) >= 11 is 0. The van der Waals surface area contributed by atoms with Crippen LogP contribution in [0.25, 0.3) is 0 Å². The van der Waals surface area contributed by atoms with Crippen LogP contribution >= 0.6 is 0 Å². The van der Waals surface area contributed by atoms with E-state index in [1.165, 1.54) is 12.3 Å². The Kier molecular flexibility index (Phi) is 4.44. The lowest BCUT2D eigenvalue weighted by Crippen LogP contribution is -2.33. The van der Waals surface area contributed by atoms with Crippen LogP contribution in [-0.2, 0) is 11.3 Å². The summed E-state index contributed by atoms with van der Waals surface area (Å²) in [5, 5.41) is 9.71. The van der Waals surface area contributed by atoms with E-state index in [9.17, 15) is 18.7 Å². The van der Waals surface area contributed by atoms with E-state index < -0.39 is 17.7 Å². The van der Waals surface area contributed by atoms with Crippen LogP contribution in [-0.4, -0.2) is 33.0 Å². The number of aliphatic hydroxyl groups is 1. The number of rotatable bonds is 4. The van der Waals surface area contributed by atoms with E-state index in [1.807, 2.05) is 0 Å². The fraction of sp³-hybridized carbons (Fsp3) is 0.294. The van der Waals surface area contributed by atoms with Crippen LogP contribution in [0.2, 0.25) is 0 Å². The number of carbonyl (C=O) groups excluding carboxylic acids is 1. The Morgan fingerprint density at radius 2 is 2.12 bits per heavy atom. The minimum absolute atomic E-state index is 0.108. The molecular weight excluding hydrogens is 318 g/mol. The van der Waals surface area contributed by atoms with Gasteiger partial charge in [-0.2, -0.15) is 0 Å². The van der Waals surface area contributed by atoms with Gasteiger partial charge in [-0.1, -0.05) is 6.07 Å². The third kappa shape index (κ3) is 3.35. The van der Waals surface area contributed by atoms with E-state index in [0.29, 0.717) is 6.54 Å². The highest BCUT2D eigenvalue weighted by atomic mass is 19.1. The molecule has 1 aliphatic heterocycles. The van der Waals surface area contributed by atoms with E-state index in [2.05, 4.69) is 4.98 Å². The first-order valence-corrected chi connectivity index (χ1v) is 7.49. The van der Waals surface area contributed by atoms with Crippen LogP contribution < -0.4 is 4.74 Å². The van der Waals surface area contributed by atoms with Crippen molar-refractivity contribution in [2.75, 3.05) is 0 Å². The van der Waals surface area contributed by atoms with Gasteiger partial charge in [0.15, 0.2) is 11.6 Å². The van der Waals surface area contributed by atoms with Gasteiger partial charge in [-0.3, -0.25) is 4.79 Å². The summed E-state index contributed by atoms with van der Waals surface area (Å²) in [5.41, 5.74) is 0.760. The summed E-state index contributed by atoms with van der Waals surface area (Å²) < 4.78 is 31.7. The van der Waals surface area contributed by atoms with Crippen LogP contribution in [0.1, 0.15) is 18.9 Å². The highest BCUT2D eigenvalue weighted by molar-refractivity contribution is 5.79. The van der Waals surface area contributed by atoms with Gasteiger partial charge in [0.05, 0.1) is 18.6 Å². The van der Waals surface area contributed by atoms with Gasteiger partial charge in [0, 0.05) is 24.9 Å². The normalized spacial score (nSPS) is 20.5. The van der Waals surface area contributed by atoms with Crippen LogP contribution in [0.5, 0.6) is 11.6 Å². The number of likely N-dealkylation sites (tertiary alicyclic amines) is 1. The molecule has 24 heavy (non-hydrogen) atoms. The number of benzene rings is 1. The number of pyridine rings is 1. The molecule has 1 fully saturated rings. The fourth-order valence-electron chi connectivity index (χ4n) is 2.57. The van der Waals surface area contributed by atoms with Gasteiger partial charge in [0.25, 0.3) is 0 Å². The molecule has 5 nitrogen and oxygen atoms in total. The van der Waals surface area contributed by atoms with Gasteiger partial charge in [-0.05, 0) is 24.6 Å². The second-order valence-corrected chi connectivity index (χ2v) is 5.72. The van der Waals surface area contributed by atoms with Crippen molar-refractivity contribution in [3.8, 4) is 11.6 Å². The van der Waals surface area contributed by atoms with Crippen LogP contribution in [0.15, 0.2) is 36.5 Å². The number of aromatic nitrogens is 1. The summed E-state index contributed by atoms with van der Waals surface area (Å²) in [7, 11) is 0. The number of hydrogen-bond acceptors (Lipinski definition) is 4. The SMILES string of the molecule is C[C@H]1[C@@H](O)CC(=O)N1Cc1ccc(Oc2ccc(F)cc2F)nc1. The number of halogens is 2. The molecule has 1 aliphatic rings. The first-order chi connectivity index (χ1) is 11.4. The second kappa shape index (κ2) is 6.52. The lowest BCUT2D eigenvalue weighted by Gasteiger charge is -2.22. The quantitative estimate of drug-likeness (QED) is 0.934. The first kappa shape index (κ1) is 16.3. The number of ether oxygens (including phenoxy) is 1. The third-order valence-electron chi connectivity index (χ3n) is 4.01. The monoisotopic (exact) mass is 334 g/mol. The van der Waals surface area contributed by atoms with E-state index >= 15 is 0 Å². The molecule has 1 saturated heterocycles. The zero-order valence-corrected chi connectivity index (χ0v) is 12.9. The first-order valence-electron chi connectivity index (χ1n) is 7.49. The number of nitrogens with zero attached hydrogens (tertiary/aromatic N) is 2. The van der Waals surface area contributed by atoms with Crippen molar-refractivity contribution >= 4 is 5.91 Å². The van der Waals surface area contributed by atoms with Crippen molar-refractivity contribution in [1.82, 2.24) is 9.88 Å². The van der Waals surface area contributed by atoms with E-state index in [0.717, 1.165) is 17.7 Å². The van der Waals surface area contributed by atoms with Gasteiger partial charge in [0.2, 0.25) is 11.8 Å². The van der Waals surface area contributed by atoms with Crippen molar-refractivity contribution < 1.29 is 23.4 Å². The molecule has 126 valence electrons. The predicted molar refractivity (Wildman–Crippen MR) is 81.3 cm³/mol. The Morgan fingerprint density at radius 3 is 2.71 bits per heavy atom. The molecule has 1 aromatic heterocycles. The average molecular weight is 334 g/mol. The Balaban J connectivity index is 1.68.